The van der Waals surface area contributed by atoms with E-state index in [1.54, 1.807) is 12.0 Å². The normalized spacial score (nSPS) is 19.3. The Hall–Kier alpha value is -1.58. The number of fused-ring (bicyclic) bond motifs is 1. The fourth-order valence-electron chi connectivity index (χ4n) is 2.84. The highest BCUT2D eigenvalue weighted by Gasteiger charge is 2.34. The average Bonchev–Trinajstić information content (AvgIpc) is 3.16. The summed E-state index contributed by atoms with van der Waals surface area (Å²) in [5.41, 5.74) is 1.42. The molecule has 1 aliphatic rings. The topological polar surface area (TPSA) is 89.7 Å². The van der Waals surface area contributed by atoms with Crippen LogP contribution < -0.4 is 0 Å². The van der Waals surface area contributed by atoms with Gasteiger partial charge in [0.25, 0.3) is 5.22 Å². The molecule has 7 nitrogen and oxygen atoms in total. The number of oxazole rings is 1. The number of para-hydroxylation sites is 2. The van der Waals surface area contributed by atoms with Gasteiger partial charge in [0, 0.05) is 19.7 Å². The van der Waals surface area contributed by atoms with E-state index >= 15 is 0 Å². The predicted octanol–water partition coefficient (Wildman–Crippen LogP) is 1.58. The van der Waals surface area contributed by atoms with Crippen LogP contribution in [0.25, 0.3) is 11.1 Å². The number of carbonyl (C=O) groups excluding carboxylic acids is 1. The number of sulfone groups is 1. The van der Waals surface area contributed by atoms with E-state index in [-0.39, 0.29) is 29.2 Å². The average molecular weight is 384 g/mol. The molecule has 1 atom stereocenters. The summed E-state index contributed by atoms with van der Waals surface area (Å²) in [6.07, 6.45) is 0.478. The first-order chi connectivity index (χ1) is 12.0. The van der Waals surface area contributed by atoms with Gasteiger partial charge in [-0.05, 0) is 18.6 Å². The van der Waals surface area contributed by atoms with Crippen LogP contribution in [0.15, 0.2) is 33.9 Å². The maximum atomic E-state index is 12.6. The molecule has 3 rings (SSSR count). The molecule has 1 aliphatic heterocycles. The Kier molecular flexibility index (Phi) is 5.65. The molecule has 1 fully saturated rings. The number of hydrogen-bond donors (Lipinski definition) is 0. The summed E-state index contributed by atoms with van der Waals surface area (Å²) in [7, 11) is -1.50. The first-order valence-electron chi connectivity index (χ1n) is 7.96. The summed E-state index contributed by atoms with van der Waals surface area (Å²) in [5, 5.41) is 0.431. The molecule has 0 unspecified atom stereocenters. The Morgan fingerprint density at radius 1 is 1.44 bits per heavy atom. The summed E-state index contributed by atoms with van der Waals surface area (Å²) >= 11 is 1.22. The highest BCUT2D eigenvalue weighted by atomic mass is 32.2. The zero-order chi connectivity index (χ0) is 17.9. The zero-order valence-corrected chi connectivity index (χ0v) is 15.5. The van der Waals surface area contributed by atoms with Gasteiger partial charge in [0.1, 0.15) is 5.52 Å². The Balaban J connectivity index is 1.65. The van der Waals surface area contributed by atoms with Crippen molar-refractivity contribution in [3.63, 3.8) is 0 Å². The molecular weight excluding hydrogens is 364 g/mol. The third-order valence-electron chi connectivity index (χ3n) is 4.10. The van der Waals surface area contributed by atoms with Crippen LogP contribution in [0.2, 0.25) is 0 Å². The van der Waals surface area contributed by atoms with E-state index in [0.29, 0.717) is 30.4 Å². The summed E-state index contributed by atoms with van der Waals surface area (Å²) < 4.78 is 34.1. The monoisotopic (exact) mass is 384 g/mol. The second kappa shape index (κ2) is 7.76. The molecule has 2 aromatic rings. The molecule has 9 heteroatoms. The van der Waals surface area contributed by atoms with Crippen molar-refractivity contribution in [2.24, 2.45) is 0 Å². The van der Waals surface area contributed by atoms with E-state index < -0.39 is 9.84 Å². The van der Waals surface area contributed by atoms with E-state index in [4.69, 9.17) is 9.15 Å². The molecule has 0 bridgehead atoms. The zero-order valence-electron chi connectivity index (χ0n) is 13.9. The lowest BCUT2D eigenvalue weighted by Gasteiger charge is -2.27. The fourth-order valence-corrected chi connectivity index (χ4v) is 5.30. The van der Waals surface area contributed by atoms with Crippen molar-refractivity contribution in [2.45, 2.75) is 17.7 Å². The SMILES string of the molecule is COCCN(C(=O)CSc1nc2ccccc2o1)[C@H]1CCS(=O)(=O)C1. The van der Waals surface area contributed by atoms with Crippen molar-refractivity contribution in [3.8, 4) is 0 Å². The van der Waals surface area contributed by atoms with Gasteiger partial charge in [0.15, 0.2) is 15.4 Å². The lowest BCUT2D eigenvalue weighted by Crippen LogP contribution is -2.44. The minimum Gasteiger partial charge on any atom is -0.431 e. The molecule has 2 heterocycles. The van der Waals surface area contributed by atoms with Crippen molar-refractivity contribution in [2.75, 3.05) is 37.5 Å². The van der Waals surface area contributed by atoms with Crippen molar-refractivity contribution in [3.05, 3.63) is 24.3 Å². The summed E-state index contributed by atoms with van der Waals surface area (Å²) in [5.74, 6) is 0.168. The largest absolute Gasteiger partial charge is 0.431 e. The number of nitrogens with zero attached hydrogens (tertiary/aromatic N) is 2. The first kappa shape index (κ1) is 18.2. The van der Waals surface area contributed by atoms with Gasteiger partial charge >= 0.3 is 0 Å². The molecule has 1 aromatic carbocycles. The van der Waals surface area contributed by atoms with Crippen LogP contribution >= 0.6 is 11.8 Å². The van der Waals surface area contributed by atoms with Gasteiger partial charge in [-0.2, -0.15) is 0 Å². The first-order valence-corrected chi connectivity index (χ1v) is 10.8. The second-order valence-corrected chi connectivity index (χ2v) is 9.03. The summed E-state index contributed by atoms with van der Waals surface area (Å²) in [6, 6.07) is 7.12. The van der Waals surface area contributed by atoms with E-state index in [1.165, 1.54) is 11.8 Å². The maximum absolute atomic E-state index is 12.6. The van der Waals surface area contributed by atoms with E-state index in [9.17, 15) is 13.2 Å². The number of carbonyl (C=O) groups is 1. The molecule has 0 aliphatic carbocycles. The smallest absolute Gasteiger partial charge is 0.257 e. The Bertz CT molecular complexity index is 816. The molecule has 1 saturated heterocycles. The highest BCUT2D eigenvalue weighted by Crippen LogP contribution is 2.24. The van der Waals surface area contributed by atoms with Gasteiger partial charge < -0.3 is 14.1 Å². The van der Waals surface area contributed by atoms with Crippen LogP contribution in [0.4, 0.5) is 0 Å². The molecule has 0 radical (unpaired) electrons. The van der Waals surface area contributed by atoms with Gasteiger partial charge in [-0.1, -0.05) is 23.9 Å². The number of amides is 1. The Morgan fingerprint density at radius 2 is 2.24 bits per heavy atom. The Labute approximate surface area is 150 Å². The quantitative estimate of drug-likeness (QED) is 0.670. The third-order valence-corrected chi connectivity index (χ3v) is 6.66. The minimum absolute atomic E-state index is 0.0238. The number of methoxy groups -OCH3 is 1. The molecule has 1 aromatic heterocycles. The van der Waals surface area contributed by atoms with Crippen molar-refractivity contribution >= 4 is 38.6 Å². The fraction of sp³-hybridized carbons (Fsp3) is 0.500. The summed E-state index contributed by atoms with van der Waals surface area (Å²) in [6.45, 7) is 0.749. The summed E-state index contributed by atoms with van der Waals surface area (Å²) in [4.78, 5) is 18.6. The van der Waals surface area contributed by atoms with Crippen LogP contribution in [0.5, 0.6) is 0 Å². The van der Waals surface area contributed by atoms with Crippen LogP contribution in [-0.2, 0) is 19.4 Å². The number of hydrogen-bond acceptors (Lipinski definition) is 7. The number of benzene rings is 1. The van der Waals surface area contributed by atoms with Crippen molar-refractivity contribution in [1.29, 1.82) is 0 Å². The minimum atomic E-state index is -3.06. The third kappa shape index (κ3) is 4.53. The van der Waals surface area contributed by atoms with E-state index in [2.05, 4.69) is 4.98 Å². The van der Waals surface area contributed by atoms with Gasteiger partial charge in [-0.3, -0.25) is 4.79 Å². The molecule has 0 saturated carbocycles. The lowest BCUT2D eigenvalue weighted by molar-refractivity contribution is -0.130. The predicted molar refractivity (Wildman–Crippen MR) is 95.4 cm³/mol. The van der Waals surface area contributed by atoms with Crippen molar-refractivity contribution < 1.29 is 22.4 Å². The standard InChI is InChI=1S/C16H20N2O5S2/c1-22-8-7-18(12-6-9-25(20,21)11-12)15(19)10-24-16-17-13-4-2-3-5-14(13)23-16/h2-5,12H,6-11H2,1H3/t12-/m0/s1. The second-order valence-electron chi connectivity index (χ2n) is 5.87. The van der Waals surface area contributed by atoms with Crippen LogP contribution in [0, 0.1) is 0 Å². The molecule has 25 heavy (non-hydrogen) atoms. The van der Waals surface area contributed by atoms with Crippen molar-refractivity contribution in [1.82, 2.24) is 9.88 Å². The van der Waals surface area contributed by atoms with Gasteiger partial charge in [0.2, 0.25) is 5.91 Å². The van der Waals surface area contributed by atoms with E-state index in [0.717, 1.165) is 5.52 Å². The van der Waals surface area contributed by atoms with E-state index in [1.807, 2.05) is 24.3 Å². The number of ether oxygens (including phenoxy) is 1. The molecule has 136 valence electrons. The van der Waals surface area contributed by atoms with Gasteiger partial charge in [-0.25, -0.2) is 13.4 Å². The molecule has 0 spiro atoms. The molecule has 0 N–H and O–H groups in total. The Morgan fingerprint density at radius 3 is 2.92 bits per heavy atom. The van der Waals surface area contributed by atoms with Gasteiger partial charge in [-0.15, -0.1) is 0 Å². The van der Waals surface area contributed by atoms with Crippen LogP contribution in [-0.4, -0.2) is 67.8 Å². The lowest BCUT2D eigenvalue weighted by atomic mass is 10.2. The maximum Gasteiger partial charge on any atom is 0.257 e. The molecular formula is C16H20N2O5S2. The van der Waals surface area contributed by atoms with Crippen LogP contribution in [0.1, 0.15) is 6.42 Å². The number of aromatic nitrogens is 1. The molecule has 1 amide bonds. The highest BCUT2D eigenvalue weighted by molar-refractivity contribution is 7.99. The van der Waals surface area contributed by atoms with Gasteiger partial charge in [0.05, 0.1) is 23.9 Å². The number of thioether (sulfide) groups is 1. The van der Waals surface area contributed by atoms with Crippen LogP contribution in [0.3, 0.4) is 0 Å². The number of rotatable bonds is 7.